The summed E-state index contributed by atoms with van der Waals surface area (Å²) >= 11 is 1.53. The van der Waals surface area contributed by atoms with Crippen molar-refractivity contribution >= 4 is 17.2 Å². The number of aromatic nitrogens is 2. The monoisotopic (exact) mass is 452 g/mol. The summed E-state index contributed by atoms with van der Waals surface area (Å²) in [6.07, 6.45) is -4.46. The summed E-state index contributed by atoms with van der Waals surface area (Å²) in [6.45, 7) is 2.38. The Bertz CT molecular complexity index is 1010. The minimum Gasteiger partial charge on any atom is -0.484 e. The Kier molecular flexibility index (Phi) is 6.23. The van der Waals surface area contributed by atoms with Crippen LogP contribution in [0.3, 0.4) is 0 Å². The molecule has 1 fully saturated rings. The third-order valence-electron chi connectivity index (χ3n) is 4.82. The average Bonchev–Trinajstić information content (AvgIpc) is 3.44. The maximum Gasteiger partial charge on any atom is 0.416 e. The molecule has 1 amide bonds. The fourth-order valence-corrected chi connectivity index (χ4v) is 3.82. The van der Waals surface area contributed by atoms with Crippen molar-refractivity contribution < 1.29 is 27.2 Å². The van der Waals surface area contributed by atoms with Crippen molar-refractivity contribution in [2.75, 3.05) is 32.8 Å². The molecule has 164 valence electrons. The van der Waals surface area contributed by atoms with Crippen LogP contribution in [0.4, 0.5) is 13.2 Å². The average molecular weight is 452 g/mol. The first kappa shape index (κ1) is 21.3. The van der Waals surface area contributed by atoms with Gasteiger partial charge in [-0.3, -0.25) is 9.69 Å². The van der Waals surface area contributed by atoms with Gasteiger partial charge >= 0.3 is 6.18 Å². The van der Waals surface area contributed by atoms with E-state index in [-0.39, 0.29) is 18.3 Å². The van der Waals surface area contributed by atoms with Gasteiger partial charge in [0.05, 0.1) is 17.0 Å². The van der Waals surface area contributed by atoms with Gasteiger partial charge in [0.25, 0.3) is 5.91 Å². The second kappa shape index (κ2) is 9.06. The molecule has 7 nitrogen and oxygen atoms in total. The summed E-state index contributed by atoms with van der Waals surface area (Å²) in [5, 5.41) is 5.93. The molecule has 0 aliphatic carbocycles. The summed E-state index contributed by atoms with van der Waals surface area (Å²) < 4.78 is 48.9. The number of hydrogen-bond acceptors (Lipinski definition) is 7. The van der Waals surface area contributed by atoms with Crippen LogP contribution in [0.2, 0.25) is 0 Å². The van der Waals surface area contributed by atoms with Crippen LogP contribution in [0.15, 0.2) is 46.3 Å². The van der Waals surface area contributed by atoms with Gasteiger partial charge in [0.15, 0.2) is 6.61 Å². The van der Waals surface area contributed by atoms with E-state index in [2.05, 4.69) is 15.0 Å². The minimum absolute atomic E-state index is 0.0137. The molecule has 0 spiro atoms. The molecule has 3 aromatic rings. The fourth-order valence-electron chi connectivity index (χ4n) is 3.17. The minimum atomic E-state index is -4.46. The molecule has 3 heterocycles. The van der Waals surface area contributed by atoms with Crippen molar-refractivity contribution in [1.29, 1.82) is 0 Å². The van der Waals surface area contributed by atoms with Crippen LogP contribution in [0.5, 0.6) is 5.75 Å². The Morgan fingerprint density at radius 2 is 1.97 bits per heavy atom. The molecule has 0 unspecified atom stereocenters. The number of thiophene rings is 1. The smallest absolute Gasteiger partial charge is 0.416 e. The van der Waals surface area contributed by atoms with Crippen LogP contribution < -0.4 is 4.74 Å². The van der Waals surface area contributed by atoms with Gasteiger partial charge in [0.2, 0.25) is 11.7 Å². The third kappa shape index (κ3) is 5.42. The second-order valence-corrected chi connectivity index (χ2v) is 7.91. The van der Waals surface area contributed by atoms with Gasteiger partial charge in [-0.2, -0.15) is 18.2 Å². The lowest BCUT2D eigenvalue weighted by Gasteiger charge is -2.33. The van der Waals surface area contributed by atoms with E-state index in [1.54, 1.807) is 4.90 Å². The highest BCUT2D eigenvalue weighted by atomic mass is 32.1. The van der Waals surface area contributed by atoms with E-state index in [0.717, 1.165) is 17.0 Å². The Morgan fingerprint density at radius 3 is 2.68 bits per heavy atom. The molecule has 1 aliphatic heterocycles. The lowest BCUT2D eigenvalue weighted by atomic mass is 10.2. The van der Waals surface area contributed by atoms with Crippen LogP contribution in [0.1, 0.15) is 11.5 Å². The Labute approximate surface area is 180 Å². The number of hydrogen-bond donors (Lipinski definition) is 0. The molecule has 0 bridgehead atoms. The zero-order valence-corrected chi connectivity index (χ0v) is 17.2. The molecule has 0 N–H and O–H groups in total. The highest BCUT2D eigenvalue weighted by Crippen LogP contribution is 2.31. The van der Waals surface area contributed by atoms with Crippen molar-refractivity contribution in [3.8, 4) is 16.5 Å². The summed E-state index contributed by atoms with van der Waals surface area (Å²) in [6, 6.07) is 8.34. The van der Waals surface area contributed by atoms with Crippen LogP contribution >= 0.6 is 11.3 Å². The lowest BCUT2D eigenvalue weighted by Crippen LogP contribution is -2.49. The third-order valence-corrected chi connectivity index (χ3v) is 5.68. The molecule has 1 saturated heterocycles. The number of halogens is 3. The number of alkyl halides is 3. The van der Waals surface area contributed by atoms with E-state index < -0.39 is 11.7 Å². The predicted octanol–water partition coefficient (Wildman–Crippen LogP) is 3.54. The Balaban J connectivity index is 1.24. The van der Waals surface area contributed by atoms with Crippen molar-refractivity contribution in [3.63, 3.8) is 0 Å². The number of rotatable bonds is 6. The maximum atomic E-state index is 12.8. The molecular formula is C20H19F3N4O3S. The zero-order valence-electron chi connectivity index (χ0n) is 16.3. The molecule has 4 rings (SSSR count). The number of nitrogens with zero attached hydrogens (tertiary/aromatic N) is 4. The topological polar surface area (TPSA) is 71.7 Å². The van der Waals surface area contributed by atoms with Gasteiger partial charge in [-0.1, -0.05) is 17.3 Å². The second-order valence-electron chi connectivity index (χ2n) is 6.96. The maximum absolute atomic E-state index is 12.8. The standard InChI is InChI=1S/C20H19F3N4O3S/c21-20(22,23)14-3-1-4-15(11-14)29-13-18(28)27-8-6-26(7-9-27)12-17-24-19(25-30-17)16-5-2-10-31-16/h1-5,10-11H,6-9,12-13H2. The van der Waals surface area contributed by atoms with Crippen molar-refractivity contribution in [1.82, 2.24) is 19.9 Å². The van der Waals surface area contributed by atoms with E-state index >= 15 is 0 Å². The highest BCUT2D eigenvalue weighted by molar-refractivity contribution is 7.13. The quantitative estimate of drug-likeness (QED) is 0.570. The van der Waals surface area contributed by atoms with Crippen LogP contribution in [-0.4, -0.2) is 58.6 Å². The van der Waals surface area contributed by atoms with Gasteiger partial charge in [0, 0.05) is 26.2 Å². The molecule has 1 aromatic carbocycles. The first-order valence-corrected chi connectivity index (χ1v) is 10.4. The van der Waals surface area contributed by atoms with E-state index in [4.69, 9.17) is 9.26 Å². The molecule has 1 aliphatic rings. The summed E-state index contributed by atoms with van der Waals surface area (Å²) in [4.78, 5) is 21.4. The van der Waals surface area contributed by atoms with Gasteiger partial charge in [-0.25, -0.2) is 0 Å². The van der Waals surface area contributed by atoms with Gasteiger partial charge in [-0.15, -0.1) is 11.3 Å². The number of carbonyl (C=O) groups is 1. The van der Waals surface area contributed by atoms with E-state index in [9.17, 15) is 18.0 Å². The molecule has 0 radical (unpaired) electrons. The fraction of sp³-hybridized carbons (Fsp3) is 0.350. The van der Waals surface area contributed by atoms with Crippen molar-refractivity contribution in [3.05, 3.63) is 53.2 Å². The Morgan fingerprint density at radius 1 is 1.16 bits per heavy atom. The number of carbonyl (C=O) groups excluding carboxylic acids is 1. The summed E-state index contributed by atoms with van der Waals surface area (Å²) in [5.41, 5.74) is -0.811. The van der Waals surface area contributed by atoms with Crippen LogP contribution in [0, 0.1) is 0 Å². The van der Waals surface area contributed by atoms with Crippen molar-refractivity contribution in [2.45, 2.75) is 12.7 Å². The van der Waals surface area contributed by atoms with Gasteiger partial charge < -0.3 is 14.2 Å². The van der Waals surface area contributed by atoms with E-state index in [1.165, 1.54) is 23.5 Å². The largest absolute Gasteiger partial charge is 0.484 e. The first-order valence-electron chi connectivity index (χ1n) is 9.55. The van der Waals surface area contributed by atoms with Crippen LogP contribution in [0.25, 0.3) is 10.7 Å². The normalized spacial score (nSPS) is 15.3. The molecule has 31 heavy (non-hydrogen) atoms. The first-order chi connectivity index (χ1) is 14.9. The zero-order chi connectivity index (χ0) is 21.8. The molecular weight excluding hydrogens is 433 g/mol. The van der Waals surface area contributed by atoms with Crippen molar-refractivity contribution in [2.24, 2.45) is 0 Å². The number of amides is 1. The lowest BCUT2D eigenvalue weighted by molar-refractivity contribution is -0.137. The SMILES string of the molecule is O=C(COc1cccc(C(F)(F)F)c1)N1CCN(Cc2nc(-c3cccs3)no2)CC1. The van der Waals surface area contributed by atoms with E-state index in [0.29, 0.717) is 44.4 Å². The van der Waals surface area contributed by atoms with Gasteiger partial charge in [-0.05, 0) is 29.6 Å². The van der Waals surface area contributed by atoms with Crippen LogP contribution in [-0.2, 0) is 17.5 Å². The highest BCUT2D eigenvalue weighted by Gasteiger charge is 2.30. The predicted molar refractivity (Wildman–Crippen MR) is 106 cm³/mol. The summed E-state index contributed by atoms with van der Waals surface area (Å²) in [7, 11) is 0. The Hall–Kier alpha value is -2.92. The molecule has 0 saturated carbocycles. The summed E-state index contributed by atoms with van der Waals surface area (Å²) in [5.74, 6) is 0.816. The van der Waals surface area contributed by atoms with Gasteiger partial charge in [0.1, 0.15) is 5.75 Å². The molecule has 11 heteroatoms. The van der Waals surface area contributed by atoms with E-state index in [1.807, 2.05) is 17.5 Å². The number of ether oxygens (including phenoxy) is 1. The number of piperazine rings is 1. The number of benzene rings is 1. The molecule has 0 atom stereocenters. The molecule has 2 aromatic heterocycles.